The van der Waals surface area contributed by atoms with Crippen molar-refractivity contribution in [3.05, 3.63) is 53.2 Å². The Labute approximate surface area is 165 Å². The molecular formula is C19H18ClFN2O5. The number of hydrogen-bond donors (Lipinski definition) is 1. The first-order valence-corrected chi connectivity index (χ1v) is 8.98. The number of benzene rings is 1. The Morgan fingerprint density at radius 1 is 1.43 bits per heavy atom. The molecule has 1 aromatic heterocycles. The Bertz CT molecular complexity index is 886. The highest BCUT2D eigenvalue weighted by Gasteiger charge is 2.37. The molecule has 3 rings (SSSR count). The van der Waals surface area contributed by atoms with Crippen LogP contribution in [0.25, 0.3) is 0 Å². The molecule has 0 bridgehead atoms. The summed E-state index contributed by atoms with van der Waals surface area (Å²) in [6, 6.07) is 6.98. The number of nitrogens with one attached hydrogen (secondary N) is 1. The van der Waals surface area contributed by atoms with Crippen LogP contribution in [0, 0.1) is 11.7 Å². The van der Waals surface area contributed by atoms with E-state index in [0.29, 0.717) is 5.76 Å². The van der Waals surface area contributed by atoms with Gasteiger partial charge in [-0.05, 0) is 37.3 Å². The zero-order chi connectivity index (χ0) is 20.3. The first-order valence-electron chi connectivity index (χ1n) is 8.60. The Hall–Kier alpha value is -2.87. The monoisotopic (exact) mass is 408 g/mol. The van der Waals surface area contributed by atoms with E-state index in [9.17, 15) is 18.8 Å². The topological polar surface area (TPSA) is 88.9 Å². The van der Waals surface area contributed by atoms with Crippen LogP contribution < -0.4 is 5.32 Å². The van der Waals surface area contributed by atoms with E-state index in [1.165, 1.54) is 24.2 Å². The maximum atomic E-state index is 13.1. The molecule has 2 amide bonds. The van der Waals surface area contributed by atoms with Crippen LogP contribution in [0.2, 0.25) is 5.02 Å². The third-order valence-electron chi connectivity index (χ3n) is 4.33. The van der Waals surface area contributed by atoms with Crippen LogP contribution in [0.1, 0.15) is 19.1 Å². The van der Waals surface area contributed by atoms with Gasteiger partial charge in [-0.1, -0.05) is 11.6 Å². The number of ether oxygens (including phenoxy) is 1. The van der Waals surface area contributed by atoms with Crippen LogP contribution in [-0.2, 0) is 25.7 Å². The number of likely N-dealkylation sites (tertiary alicyclic amines) is 1. The lowest BCUT2D eigenvalue weighted by Crippen LogP contribution is -2.33. The normalized spacial score (nSPS) is 17.5. The third kappa shape index (κ3) is 4.69. The van der Waals surface area contributed by atoms with E-state index in [-0.39, 0.29) is 36.1 Å². The van der Waals surface area contributed by atoms with E-state index < -0.39 is 29.7 Å². The lowest BCUT2D eigenvalue weighted by Gasteiger charge is -2.17. The summed E-state index contributed by atoms with van der Waals surface area (Å²) in [4.78, 5) is 38.1. The molecule has 0 spiro atoms. The average molecular weight is 409 g/mol. The number of halogens is 2. The second kappa shape index (κ2) is 8.43. The molecule has 0 saturated carbocycles. The fourth-order valence-corrected chi connectivity index (χ4v) is 3.04. The molecule has 1 fully saturated rings. The highest BCUT2D eigenvalue weighted by Crippen LogP contribution is 2.24. The van der Waals surface area contributed by atoms with Crippen LogP contribution in [0.4, 0.5) is 10.1 Å². The van der Waals surface area contributed by atoms with E-state index in [4.69, 9.17) is 20.8 Å². The maximum Gasteiger partial charge on any atom is 0.312 e. The molecule has 1 aliphatic rings. The summed E-state index contributed by atoms with van der Waals surface area (Å²) in [6.45, 7) is 1.87. The number of amides is 2. The molecule has 7 nitrogen and oxygen atoms in total. The van der Waals surface area contributed by atoms with Gasteiger partial charge in [-0.3, -0.25) is 14.4 Å². The van der Waals surface area contributed by atoms with Gasteiger partial charge in [-0.25, -0.2) is 4.39 Å². The third-order valence-corrected chi connectivity index (χ3v) is 4.64. The number of furan rings is 1. The molecule has 1 saturated heterocycles. The maximum absolute atomic E-state index is 13.1. The molecule has 28 heavy (non-hydrogen) atoms. The van der Waals surface area contributed by atoms with Gasteiger partial charge in [-0.15, -0.1) is 0 Å². The fraction of sp³-hybridized carbons (Fsp3) is 0.316. The largest absolute Gasteiger partial charge is 0.467 e. The highest BCUT2D eigenvalue weighted by atomic mass is 35.5. The predicted molar refractivity (Wildman–Crippen MR) is 97.8 cm³/mol. The molecular weight excluding hydrogens is 391 g/mol. The van der Waals surface area contributed by atoms with Crippen molar-refractivity contribution in [1.29, 1.82) is 0 Å². The molecule has 0 aliphatic carbocycles. The Balaban J connectivity index is 1.53. The summed E-state index contributed by atoms with van der Waals surface area (Å²) in [5, 5.41) is 2.51. The summed E-state index contributed by atoms with van der Waals surface area (Å²) < 4.78 is 23.5. The van der Waals surface area contributed by atoms with Crippen molar-refractivity contribution in [2.24, 2.45) is 5.92 Å². The smallest absolute Gasteiger partial charge is 0.312 e. The molecule has 2 aromatic rings. The number of esters is 1. The van der Waals surface area contributed by atoms with Crippen LogP contribution >= 0.6 is 11.6 Å². The van der Waals surface area contributed by atoms with Gasteiger partial charge in [0.2, 0.25) is 5.91 Å². The van der Waals surface area contributed by atoms with Crippen molar-refractivity contribution in [2.75, 3.05) is 11.9 Å². The van der Waals surface area contributed by atoms with Gasteiger partial charge in [-0.2, -0.15) is 0 Å². The predicted octanol–water partition coefficient (Wildman–Crippen LogP) is 2.99. The minimum Gasteiger partial charge on any atom is -0.467 e. The van der Waals surface area contributed by atoms with Gasteiger partial charge < -0.3 is 19.4 Å². The number of carbonyl (C=O) groups excluding carboxylic acids is 3. The molecule has 1 aliphatic heterocycles. The van der Waals surface area contributed by atoms with Crippen molar-refractivity contribution < 1.29 is 27.9 Å². The molecule has 1 N–H and O–H groups in total. The minimum absolute atomic E-state index is 0.0116. The number of nitrogens with zero attached hydrogens (tertiary/aromatic N) is 1. The van der Waals surface area contributed by atoms with E-state index >= 15 is 0 Å². The second-order valence-electron chi connectivity index (χ2n) is 6.45. The first-order chi connectivity index (χ1) is 13.3. The van der Waals surface area contributed by atoms with Gasteiger partial charge in [0.05, 0.1) is 29.4 Å². The Morgan fingerprint density at radius 2 is 2.21 bits per heavy atom. The molecule has 2 atom stereocenters. The average Bonchev–Trinajstić information content (AvgIpc) is 3.28. The van der Waals surface area contributed by atoms with Crippen molar-refractivity contribution in [3.8, 4) is 0 Å². The Kier molecular flexibility index (Phi) is 5.99. The standard InChI is InChI=1S/C19H18ClFN2O5/c1-11(18(25)22-16-5-4-13(21)8-15(16)20)28-19(26)12-7-17(24)23(9-12)10-14-3-2-6-27-14/h2-6,8,11-12H,7,9-10H2,1H3,(H,22,25)/t11-,12+/m1/s1. The van der Waals surface area contributed by atoms with Crippen LogP contribution in [0.5, 0.6) is 0 Å². The molecule has 1 aromatic carbocycles. The molecule has 2 heterocycles. The number of carbonyl (C=O) groups is 3. The van der Waals surface area contributed by atoms with E-state index in [1.807, 2.05) is 0 Å². The van der Waals surface area contributed by atoms with Gasteiger partial charge in [0.15, 0.2) is 6.10 Å². The summed E-state index contributed by atoms with van der Waals surface area (Å²) in [5.41, 5.74) is 0.205. The minimum atomic E-state index is -1.11. The lowest BCUT2D eigenvalue weighted by atomic mass is 10.1. The lowest BCUT2D eigenvalue weighted by molar-refractivity contribution is -0.157. The van der Waals surface area contributed by atoms with Crippen molar-refractivity contribution in [2.45, 2.75) is 26.0 Å². The van der Waals surface area contributed by atoms with Crippen LogP contribution in [-0.4, -0.2) is 35.3 Å². The molecule has 9 heteroatoms. The number of anilines is 1. The number of hydrogen-bond acceptors (Lipinski definition) is 5. The van der Waals surface area contributed by atoms with Gasteiger partial charge in [0.1, 0.15) is 11.6 Å². The summed E-state index contributed by atoms with van der Waals surface area (Å²) in [6.07, 6.45) is 0.412. The van der Waals surface area contributed by atoms with Crippen LogP contribution in [0.15, 0.2) is 41.0 Å². The highest BCUT2D eigenvalue weighted by molar-refractivity contribution is 6.33. The zero-order valence-electron chi connectivity index (χ0n) is 15.0. The van der Waals surface area contributed by atoms with Gasteiger partial charge in [0.25, 0.3) is 5.91 Å². The zero-order valence-corrected chi connectivity index (χ0v) is 15.7. The summed E-state index contributed by atoms with van der Waals surface area (Å²) in [7, 11) is 0. The molecule has 0 radical (unpaired) electrons. The Morgan fingerprint density at radius 3 is 2.89 bits per heavy atom. The van der Waals surface area contributed by atoms with Crippen molar-refractivity contribution in [3.63, 3.8) is 0 Å². The van der Waals surface area contributed by atoms with Crippen LogP contribution in [0.3, 0.4) is 0 Å². The van der Waals surface area contributed by atoms with E-state index in [2.05, 4.69) is 5.32 Å². The first kappa shape index (κ1) is 19.9. The van der Waals surface area contributed by atoms with E-state index in [1.54, 1.807) is 12.1 Å². The van der Waals surface area contributed by atoms with Crippen molar-refractivity contribution in [1.82, 2.24) is 4.90 Å². The van der Waals surface area contributed by atoms with Gasteiger partial charge in [0, 0.05) is 13.0 Å². The summed E-state index contributed by atoms with van der Waals surface area (Å²) in [5.74, 6) is -2.01. The SMILES string of the molecule is C[C@@H](OC(=O)[C@H]1CC(=O)N(Cc2ccco2)C1)C(=O)Nc1ccc(F)cc1Cl. The van der Waals surface area contributed by atoms with Crippen molar-refractivity contribution >= 4 is 35.1 Å². The van der Waals surface area contributed by atoms with Gasteiger partial charge >= 0.3 is 5.97 Å². The molecule has 0 unspecified atom stereocenters. The molecule has 148 valence electrons. The quantitative estimate of drug-likeness (QED) is 0.742. The second-order valence-corrected chi connectivity index (χ2v) is 6.85. The fourth-order valence-electron chi connectivity index (χ4n) is 2.82. The summed E-state index contributed by atoms with van der Waals surface area (Å²) >= 11 is 5.86. The van der Waals surface area contributed by atoms with E-state index in [0.717, 1.165) is 12.1 Å². The number of rotatable bonds is 6.